The average Bonchev–Trinajstić information content (AvgIpc) is 2.91. The summed E-state index contributed by atoms with van der Waals surface area (Å²) in [6, 6.07) is 4.36. The van der Waals surface area contributed by atoms with E-state index < -0.39 is 0 Å². The lowest BCUT2D eigenvalue weighted by Gasteiger charge is -2.06. The van der Waals surface area contributed by atoms with Gasteiger partial charge in [0.2, 0.25) is 0 Å². The minimum atomic E-state index is -0.295. The number of nitrogens with zero attached hydrogens (tertiary/aromatic N) is 2. The summed E-state index contributed by atoms with van der Waals surface area (Å²) >= 11 is 0. The maximum Gasteiger partial charge on any atom is 0.251 e. The first-order valence-electron chi connectivity index (χ1n) is 6.17. The fraction of sp³-hybridized carbons (Fsp3) is 0.286. The highest BCUT2D eigenvalue weighted by Gasteiger charge is 2.06. The van der Waals surface area contributed by atoms with E-state index >= 15 is 0 Å². The molecule has 0 saturated carbocycles. The number of benzene rings is 1. The molecule has 0 bridgehead atoms. The van der Waals surface area contributed by atoms with Gasteiger partial charge < -0.3 is 9.88 Å². The highest BCUT2D eigenvalue weighted by atomic mass is 19.1. The van der Waals surface area contributed by atoms with Crippen molar-refractivity contribution in [3.63, 3.8) is 0 Å². The van der Waals surface area contributed by atoms with E-state index in [0.717, 1.165) is 13.0 Å². The molecule has 0 aliphatic carbocycles. The number of carbonyl (C=O) groups is 1. The summed E-state index contributed by atoms with van der Waals surface area (Å²) in [5.41, 5.74) is 0.965. The van der Waals surface area contributed by atoms with Gasteiger partial charge in [-0.3, -0.25) is 4.79 Å². The minimum absolute atomic E-state index is 0.172. The van der Waals surface area contributed by atoms with Crippen LogP contribution in [0.4, 0.5) is 4.39 Å². The van der Waals surface area contributed by atoms with Gasteiger partial charge in [-0.25, -0.2) is 9.37 Å². The van der Waals surface area contributed by atoms with Gasteiger partial charge in [0, 0.05) is 31.0 Å². The number of hydrogen-bond acceptors (Lipinski definition) is 2. The zero-order valence-electron chi connectivity index (χ0n) is 10.8. The standard InChI is InChI=1S/C14H16FN3O/c1-11-9-12(3-4-13(11)15)14(19)17-5-2-7-18-8-6-16-10-18/h3-4,6,8-10H,2,5,7H2,1H3,(H,17,19). The Kier molecular flexibility index (Phi) is 4.28. The molecule has 0 radical (unpaired) electrons. The Hall–Kier alpha value is -2.17. The van der Waals surface area contributed by atoms with Crippen LogP contribution in [0.15, 0.2) is 36.9 Å². The Balaban J connectivity index is 1.79. The molecular formula is C14H16FN3O. The molecule has 0 spiro atoms. The molecule has 0 fully saturated rings. The molecule has 19 heavy (non-hydrogen) atoms. The van der Waals surface area contributed by atoms with E-state index in [-0.39, 0.29) is 11.7 Å². The molecule has 0 unspecified atom stereocenters. The Labute approximate surface area is 111 Å². The van der Waals surface area contributed by atoms with Crippen LogP contribution in [0.25, 0.3) is 0 Å². The van der Waals surface area contributed by atoms with E-state index in [0.29, 0.717) is 17.7 Å². The van der Waals surface area contributed by atoms with Crippen LogP contribution in [0.3, 0.4) is 0 Å². The molecule has 2 rings (SSSR count). The molecule has 1 aromatic carbocycles. The van der Waals surface area contributed by atoms with E-state index in [1.165, 1.54) is 12.1 Å². The number of hydrogen-bond donors (Lipinski definition) is 1. The molecule has 4 nitrogen and oxygen atoms in total. The van der Waals surface area contributed by atoms with Crippen molar-refractivity contribution in [3.05, 3.63) is 53.9 Å². The number of amides is 1. The fourth-order valence-corrected chi connectivity index (χ4v) is 1.77. The summed E-state index contributed by atoms with van der Waals surface area (Å²) < 4.78 is 15.0. The lowest BCUT2D eigenvalue weighted by Crippen LogP contribution is -2.25. The van der Waals surface area contributed by atoms with Gasteiger partial charge in [-0.15, -0.1) is 0 Å². The number of imidazole rings is 1. The number of nitrogens with one attached hydrogen (secondary N) is 1. The van der Waals surface area contributed by atoms with Gasteiger partial charge in [-0.2, -0.15) is 0 Å². The van der Waals surface area contributed by atoms with Gasteiger partial charge in [0.15, 0.2) is 0 Å². The van der Waals surface area contributed by atoms with Crippen LogP contribution in [-0.4, -0.2) is 22.0 Å². The molecule has 0 atom stereocenters. The highest BCUT2D eigenvalue weighted by molar-refractivity contribution is 5.94. The van der Waals surface area contributed by atoms with Crippen molar-refractivity contribution in [1.82, 2.24) is 14.9 Å². The molecule has 1 aromatic heterocycles. The predicted octanol–water partition coefficient (Wildman–Crippen LogP) is 2.15. The third kappa shape index (κ3) is 3.64. The lowest BCUT2D eigenvalue weighted by molar-refractivity contribution is 0.0952. The molecule has 5 heteroatoms. The Morgan fingerprint density at radius 1 is 1.47 bits per heavy atom. The second-order valence-electron chi connectivity index (χ2n) is 4.37. The van der Waals surface area contributed by atoms with E-state index in [1.54, 1.807) is 25.5 Å². The summed E-state index contributed by atoms with van der Waals surface area (Å²) in [5, 5.41) is 2.81. The largest absolute Gasteiger partial charge is 0.352 e. The summed E-state index contributed by atoms with van der Waals surface area (Å²) in [7, 11) is 0. The molecular weight excluding hydrogens is 245 g/mol. The molecule has 1 amide bonds. The van der Waals surface area contributed by atoms with Gasteiger partial charge in [0.1, 0.15) is 5.82 Å². The molecule has 0 saturated heterocycles. The first kappa shape index (κ1) is 13.3. The summed E-state index contributed by atoms with van der Waals surface area (Å²) in [4.78, 5) is 15.8. The van der Waals surface area contributed by atoms with E-state index in [2.05, 4.69) is 10.3 Å². The monoisotopic (exact) mass is 261 g/mol. The van der Waals surface area contributed by atoms with Crippen molar-refractivity contribution >= 4 is 5.91 Å². The van der Waals surface area contributed by atoms with Crippen molar-refractivity contribution in [2.75, 3.05) is 6.54 Å². The minimum Gasteiger partial charge on any atom is -0.352 e. The van der Waals surface area contributed by atoms with Crippen LogP contribution in [0, 0.1) is 12.7 Å². The normalized spacial score (nSPS) is 10.4. The summed E-state index contributed by atoms with van der Waals surface area (Å²) in [6.07, 6.45) is 6.17. The van der Waals surface area contributed by atoms with Gasteiger partial charge in [0.25, 0.3) is 5.91 Å². The maximum atomic E-state index is 13.1. The van der Waals surface area contributed by atoms with Gasteiger partial charge in [-0.1, -0.05) is 0 Å². The number of aromatic nitrogens is 2. The van der Waals surface area contributed by atoms with Crippen LogP contribution in [-0.2, 0) is 6.54 Å². The van der Waals surface area contributed by atoms with Gasteiger partial charge in [-0.05, 0) is 37.1 Å². The van der Waals surface area contributed by atoms with Crippen LogP contribution in [0.2, 0.25) is 0 Å². The van der Waals surface area contributed by atoms with Gasteiger partial charge in [0.05, 0.1) is 6.33 Å². The molecule has 0 aliphatic heterocycles. The van der Waals surface area contributed by atoms with Crippen molar-refractivity contribution in [3.8, 4) is 0 Å². The Bertz CT molecular complexity index is 552. The number of halogens is 1. The Morgan fingerprint density at radius 3 is 3.00 bits per heavy atom. The van der Waals surface area contributed by atoms with E-state index in [4.69, 9.17) is 0 Å². The van der Waals surface area contributed by atoms with Crippen LogP contribution < -0.4 is 5.32 Å². The number of carbonyl (C=O) groups excluding carboxylic acids is 1. The molecule has 1 N–H and O–H groups in total. The number of aryl methyl sites for hydroxylation is 2. The lowest BCUT2D eigenvalue weighted by atomic mass is 10.1. The first-order valence-corrected chi connectivity index (χ1v) is 6.17. The second-order valence-corrected chi connectivity index (χ2v) is 4.37. The quantitative estimate of drug-likeness (QED) is 0.838. The Morgan fingerprint density at radius 2 is 2.32 bits per heavy atom. The highest BCUT2D eigenvalue weighted by Crippen LogP contribution is 2.09. The third-order valence-electron chi connectivity index (χ3n) is 2.86. The molecule has 100 valence electrons. The summed E-state index contributed by atoms with van der Waals surface area (Å²) in [6.45, 7) is 3.03. The average molecular weight is 261 g/mol. The van der Waals surface area contributed by atoms with Crippen LogP contribution in [0.1, 0.15) is 22.3 Å². The molecule has 2 aromatic rings. The van der Waals surface area contributed by atoms with Crippen LogP contribution >= 0.6 is 0 Å². The second kappa shape index (κ2) is 6.13. The predicted molar refractivity (Wildman–Crippen MR) is 70.3 cm³/mol. The molecule has 1 heterocycles. The molecule has 0 aliphatic rings. The van der Waals surface area contributed by atoms with E-state index in [9.17, 15) is 9.18 Å². The fourth-order valence-electron chi connectivity index (χ4n) is 1.77. The third-order valence-corrected chi connectivity index (χ3v) is 2.86. The SMILES string of the molecule is Cc1cc(C(=O)NCCCn2ccnc2)ccc1F. The van der Waals surface area contributed by atoms with Crippen molar-refractivity contribution in [1.29, 1.82) is 0 Å². The van der Waals surface area contributed by atoms with Crippen molar-refractivity contribution < 1.29 is 9.18 Å². The first-order chi connectivity index (χ1) is 9.16. The maximum absolute atomic E-state index is 13.1. The van der Waals surface area contributed by atoms with Crippen molar-refractivity contribution in [2.45, 2.75) is 19.9 Å². The van der Waals surface area contributed by atoms with Crippen molar-refractivity contribution in [2.24, 2.45) is 0 Å². The zero-order valence-corrected chi connectivity index (χ0v) is 10.8. The zero-order chi connectivity index (χ0) is 13.7. The van der Waals surface area contributed by atoms with E-state index in [1.807, 2.05) is 10.8 Å². The smallest absolute Gasteiger partial charge is 0.251 e. The summed E-state index contributed by atoms with van der Waals surface area (Å²) in [5.74, 6) is -0.467. The number of rotatable bonds is 5. The topological polar surface area (TPSA) is 46.9 Å². The van der Waals surface area contributed by atoms with Crippen LogP contribution in [0.5, 0.6) is 0 Å². The van der Waals surface area contributed by atoms with Gasteiger partial charge >= 0.3 is 0 Å².